The normalized spacial score (nSPS) is 10.7. The van der Waals surface area contributed by atoms with Crippen LogP contribution in [0.1, 0.15) is 28.9 Å². The predicted molar refractivity (Wildman–Crippen MR) is 83.3 cm³/mol. The average molecular weight is 338 g/mol. The van der Waals surface area contributed by atoms with Crippen LogP contribution in [0.4, 0.5) is 13.2 Å². The largest absolute Gasteiger partial charge is 0.352 e. The molecule has 0 spiro atoms. The van der Waals surface area contributed by atoms with Gasteiger partial charge in [-0.25, -0.2) is 13.2 Å². The molecule has 0 bridgehead atoms. The SMILES string of the molecule is Cc1cccc(=O)n1CCCCNC(=O)c1c(F)cc(F)cc1F. The molecule has 1 N–H and O–H groups in total. The van der Waals surface area contributed by atoms with Gasteiger partial charge in [0, 0.05) is 37.0 Å². The summed E-state index contributed by atoms with van der Waals surface area (Å²) in [5, 5.41) is 2.39. The molecular weight excluding hydrogens is 321 g/mol. The number of hydrogen-bond acceptors (Lipinski definition) is 2. The van der Waals surface area contributed by atoms with E-state index in [-0.39, 0.29) is 12.1 Å². The minimum Gasteiger partial charge on any atom is -0.352 e. The van der Waals surface area contributed by atoms with E-state index in [4.69, 9.17) is 0 Å². The molecule has 0 fully saturated rings. The number of pyridine rings is 1. The molecule has 2 rings (SSSR count). The van der Waals surface area contributed by atoms with Crippen molar-refractivity contribution in [2.75, 3.05) is 6.54 Å². The van der Waals surface area contributed by atoms with Crippen LogP contribution in [0.15, 0.2) is 35.1 Å². The summed E-state index contributed by atoms with van der Waals surface area (Å²) < 4.78 is 41.4. The number of aromatic nitrogens is 1. The van der Waals surface area contributed by atoms with Gasteiger partial charge in [-0.2, -0.15) is 0 Å². The van der Waals surface area contributed by atoms with Gasteiger partial charge in [0.1, 0.15) is 23.0 Å². The number of aryl methyl sites for hydroxylation is 1. The number of unbranched alkanes of at least 4 members (excludes halogenated alkanes) is 1. The molecule has 128 valence electrons. The van der Waals surface area contributed by atoms with Gasteiger partial charge in [0.25, 0.3) is 11.5 Å². The third kappa shape index (κ3) is 4.24. The molecule has 1 aromatic carbocycles. The molecule has 0 aliphatic rings. The second-order valence-electron chi connectivity index (χ2n) is 5.36. The highest BCUT2D eigenvalue weighted by molar-refractivity contribution is 5.94. The second kappa shape index (κ2) is 7.81. The van der Waals surface area contributed by atoms with Crippen molar-refractivity contribution in [3.8, 4) is 0 Å². The maximum absolute atomic E-state index is 13.5. The van der Waals surface area contributed by atoms with Crippen LogP contribution in [0.2, 0.25) is 0 Å². The Hall–Kier alpha value is -2.57. The smallest absolute Gasteiger partial charge is 0.257 e. The lowest BCUT2D eigenvalue weighted by Crippen LogP contribution is -2.27. The first-order valence-corrected chi connectivity index (χ1v) is 7.49. The molecule has 1 aromatic heterocycles. The zero-order valence-corrected chi connectivity index (χ0v) is 13.1. The Morgan fingerprint density at radius 3 is 2.42 bits per heavy atom. The maximum Gasteiger partial charge on any atom is 0.257 e. The summed E-state index contributed by atoms with van der Waals surface area (Å²) >= 11 is 0. The summed E-state index contributed by atoms with van der Waals surface area (Å²) in [6, 6.07) is 5.89. The third-order valence-electron chi connectivity index (χ3n) is 3.60. The number of amides is 1. The van der Waals surface area contributed by atoms with E-state index in [0.29, 0.717) is 31.5 Å². The Bertz CT molecular complexity index is 780. The fourth-order valence-corrected chi connectivity index (χ4v) is 2.35. The highest BCUT2D eigenvalue weighted by atomic mass is 19.1. The molecule has 0 atom stereocenters. The number of nitrogens with zero attached hydrogens (tertiary/aromatic N) is 1. The van der Waals surface area contributed by atoms with Crippen molar-refractivity contribution in [1.29, 1.82) is 0 Å². The Labute approximate surface area is 136 Å². The van der Waals surface area contributed by atoms with Gasteiger partial charge in [-0.05, 0) is 25.8 Å². The number of hydrogen-bond donors (Lipinski definition) is 1. The Morgan fingerprint density at radius 1 is 1.12 bits per heavy atom. The summed E-state index contributed by atoms with van der Waals surface area (Å²) in [7, 11) is 0. The molecule has 4 nitrogen and oxygen atoms in total. The van der Waals surface area contributed by atoms with Crippen LogP contribution in [-0.2, 0) is 6.54 Å². The number of carbonyl (C=O) groups excluding carboxylic acids is 1. The minimum atomic E-state index is -1.24. The van der Waals surface area contributed by atoms with Gasteiger partial charge in [-0.1, -0.05) is 6.07 Å². The van der Waals surface area contributed by atoms with Crippen LogP contribution in [-0.4, -0.2) is 17.0 Å². The number of halogens is 3. The Kier molecular flexibility index (Phi) is 5.78. The highest BCUT2D eigenvalue weighted by Crippen LogP contribution is 2.14. The van der Waals surface area contributed by atoms with Gasteiger partial charge in [0.15, 0.2) is 0 Å². The van der Waals surface area contributed by atoms with Crippen molar-refractivity contribution in [2.45, 2.75) is 26.3 Å². The Morgan fingerprint density at radius 2 is 1.79 bits per heavy atom. The summed E-state index contributed by atoms with van der Waals surface area (Å²) in [6.45, 7) is 2.50. The molecule has 0 aliphatic carbocycles. The van der Waals surface area contributed by atoms with E-state index in [1.165, 1.54) is 6.07 Å². The number of nitrogens with one attached hydrogen (secondary N) is 1. The van der Waals surface area contributed by atoms with E-state index in [9.17, 15) is 22.8 Å². The third-order valence-corrected chi connectivity index (χ3v) is 3.60. The lowest BCUT2D eigenvalue weighted by atomic mass is 10.1. The molecule has 2 aromatic rings. The fraction of sp³-hybridized carbons (Fsp3) is 0.294. The molecule has 0 unspecified atom stereocenters. The van der Waals surface area contributed by atoms with Crippen molar-refractivity contribution in [2.24, 2.45) is 0 Å². The van der Waals surface area contributed by atoms with E-state index in [1.54, 1.807) is 10.6 Å². The van der Waals surface area contributed by atoms with Gasteiger partial charge >= 0.3 is 0 Å². The van der Waals surface area contributed by atoms with Gasteiger partial charge in [0.2, 0.25) is 0 Å². The zero-order chi connectivity index (χ0) is 17.7. The summed E-state index contributed by atoms with van der Waals surface area (Å²) in [4.78, 5) is 23.4. The van der Waals surface area contributed by atoms with Crippen LogP contribution in [0, 0.1) is 24.4 Å². The van der Waals surface area contributed by atoms with Crippen molar-refractivity contribution < 1.29 is 18.0 Å². The highest BCUT2D eigenvalue weighted by Gasteiger charge is 2.18. The first-order valence-electron chi connectivity index (χ1n) is 7.49. The van der Waals surface area contributed by atoms with E-state index in [0.717, 1.165) is 5.69 Å². The van der Waals surface area contributed by atoms with E-state index >= 15 is 0 Å². The summed E-state index contributed by atoms with van der Waals surface area (Å²) in [5.74, 6) is -4.49. The van der Waals surface area contributed by atoms with Crippen LogP contribution >= 0.6 is 0 Å². The molecule has 0 saturated carbocycles. The standard InChI is InChI=1S/C17H17F3N2O2/c1-11-5-4-6-15(23)22(11)8-3-2-7-21-17(24)16-13(19)9-12(18)10-14(16)20/h4-6,9-10H,2-3,7-8H2,1H3,(H,21,24). The number of benzene rings is 1. The number of rotatable bonds is 6. The van der Waals surface area contributed by atoms with E-state index in [2.05, 4.69) is 5.32 Å². The van der Waals surface area contributed by atoms with Crippen LogP contribution < -0.4 is 10.9 Å². The van der Waals surface area contributed by atoms with Crippen LogP contribution in [0.25, 0.3) is 0 Å². The molecule has 1 amide bonds. The lowest BCUT2D eigenvalue weighted by Gasteiger charge is -2.10. The van der Waals surface area contributed by atoms with Crippen LogP contribution in [0.3, 0.4) is 0 Å². The van der Waals surface area contributed by atoms with Gasteiger partial charge in [0.05, 0.1) is 0 Å². The Balaban J connectivity index is 1.85. The van der Waals surface area contributed by atoms with Crippen LogP contribution in [0.5, 0.6) is 0 Å². The van der Waals surface area contributed by atoms with E-state index in [1.807, 2.05) is 13.0 Å². The molecule has 7 heteroatoms. The molecule has 1 heterocycles. The molecule has 0 saturated heterocycles. The molecule has 24 heavy (non-hydrogen) atoms. The summed E-state index contributed by atoms with van der Waals surface area (Å²) in [6.07, 6.45) is 1.14. The molecular formula is C17H17F3N2O2. The monoisotopic (exact) mass is 338 g/mol. The fourth-order valence-electron chi connectivity index (χ4n) is 2.35. The van der Waals surface area contributed by atoms with Crippen molar-refractivity contribution in [3.63, 3.8) is 0 Å². The van der Waals surface area contributed by atoms with E-state index < -0.39 is 28.9 Å². The maximum atomic E-state index is 13.5. The molecule has 0 radical (unpaired) electrons. The minimum absolute atomic E-state index is 0.102. The van der Waals surface area contributed by atoms with Gasteiger partial charge in [-0.15, -0.1) is 0 Å². The zero-order valence-electron chi connectivity index (χ0n) is 13.1. The summed E-state index contributed by atoms with van der Waals surface area (Å²) in [5.41, 5.74) is -0.0667. The number of carbonyl (C=O) groups is 1. The van der Waals surface area contributed by atoms with Gasteiger partial charge < -0.3 is 9.88 Å². The molecule has 0 aliphatic heterocycles. The first-order chi connectivity index (χ1) is 11.4. The van der Waals surface area contributed by atoms with Crippen molar-refractivity contribution >= 4 is 5.91 Å². The predicted octanol–water partition coefficient (Wildman–Crippen LogP) is 2.78. The second-order valence-corrected chi connectivity index (χ2v) is 5.36. The quantitative estimate of drug-likeness (QED) is 0.824. The van der Waals surface area contributed by atoms with Gasteiger partial charge in [-0.3, -0.25) is 9.59 Å². The lowest BCUT2D eigenvalue weighted by molar-refractivity contribution is 0.0944. The van der Waals surface area contributed by atoms with Crippen molar-refractivity contribution in [1.82, 2.24) is 9.88 Å². The average Bonchev–Trinajstić information content (AvgIpc) is 2.48. The van der Waals surface area contributed by atoms with Crippen molar-refractivity contribution in [3.05, 3.63) is 69.4 Å². The first kappa shape index (κ1) is 17.8. The topological polar surface area (TPSA) is 51.1 Å².